The van der Waals surface area contributed by atoms with Gasteiger partial charge < -0.3 is 19.7 Å². The standard InChI is InChI=1S/C25H35N3O3/c1-27(17-14-20-8-13-23(30-2)24(18-20)31-3)19-25(29)26-21-9-11-22(12-10-21)28-15-6-4-5-7-16-28/h8-13,18H,4-7,14-17,19H2,1-3H3,(H,26,29). The highest BCUT2D eigenvalue weighted by atomic mass is 16.5. The van der Waals surface area contributed by atoms with Crippen molar-refractivity contribution in [3.63, 3.8) is 0 Å². The number of amides is 1. The molecule has 1 N–H and O–H groups in total. The summed E-state index contributed by atoms with van der Waals surface area (Å²) in [4.78, 5) is 16.9. The van der Waals surface area contributed by atoms with Crippen molar-refractivity contribution >= 4 is 17.3 Å². The Morgan fingerprint density at radius 1 is 0.968 bits per heavy atom. The summed E-state index contributed by atoms with van der Waals surface area (Å²) in [6.45, 7) is 3.37. The summed E-state index contributed by atoms with van der Waals surface area (Å²) in [5, 5.41) is 3.01. The fraction of sp³-hybridized carbons (Fsp3) is 0.480. The van der Waals surface area contributed by atoms with Crippen LogP contribution in [0, 0.1) is 0 Å². The Labute approximate surface area is 186 Å². The van der Waals surface area contributed by atoms with Crippen LogP contribution in [0.3, 0.4) is 0 Å². The van der Waals surface area contributed by atoms with Gasteiger partial charge in [-0.25, -0.2) is 0 Å². The molecule has 0 saturated carbocycles. The third-order valence-electron chi connectivity index (χ3n) is 5.77. The lowest BCUT2D eigenvalue weighted by Gasteiger charge is -2.23. The van der Waals surface area contributed by atoms with Gasteiger partial charge in [-0.15, -0.1) is 0 Å². The Morgan fingerprint density at radius 2 is 1.65 bits per heavy atom. The van der Waals surface area contributed by atoms with Crippen molar-refractivity contribution in [1.29, 1.82) is 0 Å². The van der Waals surface area contributed by atoms with Gasteiger partial charge in [0.1, 0.15) is 0 Å². The maximum Gasteiger partial charge on any atom is 0.238 e. The number of carbonyl (C=O) groups is 1. The van der Waals surface area contributed by atoms with E-state index in [1.165, 1.54) is 31.4 Å². The van der Waals surface area contributed by atoms with Crippen LogP contribution in [-0.4, -0.2) is 58.3 Å². The predicted molar refractivity (Wildman–Crippen MR) is 126 cm³/mol. The van der Waals surface area contributed by atoms with E-state index < -0.39 is 0 Å². The van der Waals surface area contributed by atoms with Crippen molar-refractivity contribution in [1.82, 2.24) is 4.90 Å². The van der Waals surface area contributed by atoms with E-state index >= 15 is 0 Å². The normalized spacial score (nSPS) is 14.3. The molecule has 6 nitrogen and oxygen atoms in total. The van der Waals surface area contributed by atoms with Crippen molar-refractivity contribution < 1.29 is 14.3 Å². The van der Waals surface area contributed by atoms with Crippen molar-refractivity contribution in [2.24, 2.45) is 0 Å². The van der Waals surface area contributed by atoms with Gasteiger partial charge in [0.05, 0.1) is 20.8 Å². The van der Waals surface area contributed by atoms with Crippen LogP contribution < -0.4 is 19.7 Å². The van der Waals surface area contributed by atoms with E-state index in [0.29, 0.717) is 6.54 Å². The lowest BCUT2D eigenvalue weighted by molar-refractivity contribution is -0.117. The van der Waals surface area contributed by atoms with Gasteiger partial charge in [-0.1, -0.05) is 18.9 Å². The number of nitrogens with zero attached hydrogens (tertiary/aromatic N) is 2. The smallest absolute Gasteiger partial charge is 0.238 e. The van der Waals surface area contributed by atoms with Crippen LogP contribution in [0.25, 0.3) is 0 Å². The highest BCUT2D eigenvalue weighted by molar-refractivity contribution is 5.92. The number of rotatable bonds is 9. The van der Waals surface area contributed by atoms with E-state index in [0.717, 1.165) is 48.8 Å². The quantitative estimate of drug-likeness (QED) is 0.653. The monoisotopic (exact) mass is 425 g/mol. The molecule has 0 unspecified atom stereocenters. The molecule has 1 amide bonds. The largest absolute Gasteiger partial charge is 0.493 e. The molecule has 0 bridgehead atoms. The summed E-state index contributed by atoms with van der Waals surface area (Å²) in [5.41, 5.74) is 3.23. The van der Waals surface area contributed by atoms with Crippen LogP contribution in [0.2, 0.25) is 0 Å². The Balaban J connectivity index is 1.45. The lowest BCUT2D eigenvalue weighted by atomic mass is 10.1. The zero-order valence-electron chi connectivity index (χ0n) is 19.0. The molecule has 31 heavy (non-hydrogen) atoms. The Hall–Kier alpha value is -2.73. The summed E-state index contributed by atoms with van der Waals surface area (Å²) in [6.07, 6.45) is 5.99. The third-order valence-corrected chi connectivity index (χ3v) is 5.77. The number of ether oxygens (including phenoxy) is 2. The summed E-state index contributed by atoms with van der Waals surface area (Å²) < 4.78 is 10.6. The molecular weight excluding hydrogens is 390 g/mol. The van der Waals surface area contributed by atoms with Crippen molar-refractivity contribution in [3.8, 4) is 11.5 Å². The molecule has 1 saturated heterocycles. The highest BCUT2D eigenvalue weighted by Gasteiger charge is 2.11. The lowest BCUT2D eigenvalue weighted by Crippen LogP contribution is -2.31. The van der Waals surface area contributed by atoms with Gasteiger partial charge in [-0.05, 0) is 68.3 Å². The van der Waals surface area contributed by atoms with Crippen LogP contribution in [0.5, 0.6) is 11.5 Å². The molecule has 2 aromatic carbocycles. The molecule has 0 spiro atoms. The van der Waals surface area contributed by atoms with Gasteiger partial charge in [0, 0.05) is 31.0 Å². The van der Waals surface area contributed by atoms with Crippen molar-refractivity contribution in [3.05, 3.63) is 48.0 Å². The first kappa shape index (κ1) is 22.9. The minimum absolute atomic E-state index is 0.00247. The van der Waals surface area contributed by atoms with Crippen LogP contribution in [0.4, 0.5) is 11.4 Å². The number of nitrogens with one attached hydrogen (secondary N) is 1. The Morgan fingerprint density at radius 3 is 2.29 bits per heavy atom. The first-order chi connectivity index (χ1) is 15.1. The van der Waals surface area contributed by atoms with E-state index in [1.807, 2.05) is 42.3 Å². The van der Waals surface area contributed by atoms with Crippen LogP contribution in [-0.2, 0) is 11.2 Å². The van der Waals surface area contributed by atoms with Gasteiger partial charge in [0.15, 0.2) is 11.5 Å². The van der Waals surface area contributed by atoms with Gasteiger partial charge in [-0.3, -0.25) is 9.69 Å². The van der Waals surface area contributed by atoms with E-state index in [4.69, 9.17) is 9.47 Å². The number of methoxy groups -OCH3 is 2. The van der Waals surface area contributed by atoms with Crippen molar-refractivity contribution in [2.75, 3.05) is 57.7 Å². The van der Waals surface area contributed by atoms with E-state index in [2.05, 4.69) is 22.3 Å². The van der Waals surface area contributed by atoms with Crippen molar-refractivity contribution in [2.45, 2.75) is 32.1 Å². The van der Waals surface area contributed by atoms with Gasteiger partial charge in [-0.2, -0.15) is 0 Å². The molecule has 6 heteroatoms. The Bertz CT molecular complexity index is 830. The average molecular weight is 426 g/mol. The van der Waals surface area contributed by atoms with E-state index in [9.17, 15) is 4.79 Å². The first-order valence-electron chi connectivity index (χ1n) is 11.1. The van der Waals surface area contributed by atoms with E-state index in [1.54, 1.807) is 14.2 Å². The first-order valence-corrected chi connectivity index (χ1v) is 11.1. The number of carbonyl (C=O) groups excluding carboxylic acids is 1. The second-order valence-corrected chi connectivity index (χ2v) is 8.17. The maximum absolute atomic E-state index is 12.5. The predicted octanol–water partition coefficient (Wildman–Crippen LogP) is 4.20. The third kappa shape index (κ3) is 6.89. The number of anilines is 2. The number of hydrogen-bond donors (Lipinski definition) is 1. The summed E-state index contributed by atoms with van der Waals surface area (Å²) in [6, 6.07) is 14.2. The molecule has 0 aromatic heterocycles. The molecule has 3 rings (SSSR count). The molecule has 0 aliphatic carbocycles. The maximum atomic E-state index is 12.5. The summed E-state index contributed by atoms with van der Waals surface area (Å²) in [7, 11) is 5.23. The number of likely N-dealkylation sites (N-methyl/N-ethyl adjacent to an activating group) is 1. The minimum Gasteiger partial charge on any atom is -0.493 e. The Kier molecular flexibility index (Phi) is 8.59. The molecule has 1 fully saturated rings. The van der Waals surface area contributed by atoms with Gasteiger partial charge in [0.25, 0.3) is 0 Å². The summed E-state index contributed by atoms with van der Waals surface area (Å²) in [5.74, 6) is 1.45. The number of hydrogen-bond acceptors (Lipinski definition) is 5. The molecule has 2 aromatic rings. The molecule has 0 atom stereocenters. The molecular formula is C25H35N3O3. The van der Waals surface area contributed by atoms with Gasteiger partial charge >= 0.3 is 0 Å². The second-order valence-electron chi connectivity index (χ2n) is 8.17. The topological polar surface area (TPSA) is 54.0 Å². The fourth-order valence-electron chi connectivity index (χ4n) is 3.97. The summed E-state index contributed by atoms with van der Waals surface area (Å²) >= 11 is 0. The van der Waals surface area contributed by atoms with Crippen LogP contribution >= 0.6 is 0 Å². The average Bonchev–Trinajstić information content (AvgIpc) is 3.07. The molecule has 1 aliphatic heterocycles. The zero-order valence-corrected chi connectivity index (χ0v) is 19.0. The molecule has 1 aliphatic rings. The van der Waals surface area contributed by atoms with Crippen LogP contribution in [0.15, 0.2) is 42.5 Å². The highest BCUT2D eigenvalue weighted by Crippen LogP contribution is 2.27. The molecule has 1 heterocycles. The zero-order chi connectivity index (χ0) is 22.1. The molecule has 0 radical (unpaired) electrons. The van der Waals surface area contributed by atoms with Crippen LogP contribution in [0.1, 0.15) is 31.2 Å². The van der Waals surface area contributed by atoms with E-state index in [-0.39, 0.29) is 5.91 Å². The number of benzene rings is 2. The van der Waals surface area contributed by atoms with Gasteiger partial charge in [0.2, 0.25) is 5.91 Å². The second kappa shape index (κ2) is 11.6. The fourth-order valence-corrected chi connectivity index (χ4v) is 3.97. The minimum atomic E-state index is -0.00247. The SMILES string of the molecule is COc1ccc(CCN(C)CC(=O)Nc2ccc(N3CCCCCC3)cc2)cc1OC. The molecule has 168 valence electrons.